The summed E-state index contributed by atoms with van der Waals surface area (Å²) in [4.78, 5) is 10.8. The molecular formula is C27H29N5. The van der Waals surface area contributed by atoms with Crippen LogP contribution >= 0.6 is 0 Å². The Hall–Kier alpha value is -3.21. The van der Waals surface area contributed by atoms with Crippen molar-refractivity contribution in [1.82, 2.24) is 20.2 Å². The van der Waals surface area contributed by atoms with Crippen molar-refractivity contribution in [3.63, 3.8) is 0 Å². The molecule has 0 amide bonds. The Labute approximate surface area is 188 Å². The largest absolute Gasteiger partial charge is 0.355 e. The first-order valence-corrected chi connectivity index (χ1v) is 11.9. The second-order valence-electron chi connectivity index (χ2n) is 9.37. The van der Waals surface area contributed by atoms with E-state index in [0.29, 0.717) is 5.92 Å². The van der Waals surface area contributed by atoms with E-state index in [1.807, 2.05) is 0 Å². The van der Waals surface area contributed by atoms with Gasteiger partial charge in [0.1, 0.15) is 5.82 Å². The smallest absolute Gasteiger partial charge is 0.151 e. The zero-order valence-electron chi connectivity index (χ0n) is 18.6. The number of nitrogens with one attached hydrogen (secondary N) is 1. The van der Waals surface area contributed by atoms with Gasteiger partial charge in [0, 0.05) is 24.6 Å². The summed E-state index contributed by atoms with van der Waals surface area (Å²) in [5.41, 5.74) is 8.62. The molecule has 0 unspecified atom stereocenters. The Kier molecular flexibility index (Phi) is 4.90. The summed E-state index contributed by atoms with van der Waals surface area (Å²) in [6.45, 7) is 4.08. The molecule has 3 heterocycles. The molecular weight excluding hydrogens is 394 g/mol. The molecule has 1 aliphatic carbocycles. The Morgan fingerprint density at radius 2 is 1.72 bits per heavy atom. The molecule has 1 saturated heterocycles. The number of hydrogen-bond acceptors (Lipinski definition) is 4. The maximum absolute atomic E-state index is 4.85. The molecule has 4 aromatic rings. The highest BCUT2D eigenvalue weighted by Crippen LogP contribution is 2.31. The van der Waals surface area contributed by atoms with Gasteiger partial charge in [-0.1, -0.05) is 18.2 Å². The van der Waals surface area contributed by atoms with Crippen LogP contribution in [0.1, 0.15) is 54.1 Å². The Morgan fingerprint density at radius 1 is 0.875 bits per heavy atom. The van der Waals surface area contributed by atoms with E-state index in [1.165, 1.54) is 47.9 Å². The van der Waals surface area contributed by atoms with Gasteiger partial charge in [0.2, 0.25) is 0 Å². The van der Waals surface area contributed by atoms with Crippen LogP contribution < -0.4 is 4.90 Å². The topological polar surface area (TPSA) is 57.7 Å². The van der Waals surface area contributed by atoms with Crippen LogP contribution in [-0.2, 0) is 12.8 Å². The quantitative estimate of drug-likeness (QED) is 0.467. The van der Waals surface area contributed by atoms with Crippen molar-refractivity contribution in [2.75, 3.05) is 18.0 Å². The number of piperidine rings is 1. The fourth-order valence-electron chi connectivity index (χ4n) is 5.26. The number of anilines is 1. The number of aromatic nitrogens is 4. The van der Waals surface area contributed by atoms with Gasteiger partial charge in [-0.25, -0.2) is 4.98 Å². The number of rotatable bonds is 3. The maximum Gasteiger partial charge on any atom is 0.151 e. The Morgan fingerprint density at radius 3 is 2.53 bits per heavy atom. The van der Waals surface area contributed by atoms with Crippen LogP contribution in [0.2, 0.25) is 0 Å². The highest BCUT2D eigenvalue weighted by molar-refractivity contribution is 5.76. The first-order chi connectivity index (χ1) is 15.7. The number of nitrogens with zero attached hydrogens (tertiary/aromatic N) is 4. The number of hydrogen-bond donors (Lipinski definition) is 1. The monoisotopic (exact) mass is 423 g/mol. The Balaban J connectivity index is 1.14. The number of aryl methyl sites for hydroxylation is 3. The summed E-state index contributed by atoms with van der Waals surface area (Å²) < 4.78 is 0. The molecule has 0 bridgehead atoms. The lowest BCUT2D eigenvalue weighted by Gasteiger charge is -2.31. The van der Waals surface area contributed by atoms with E-state index in [2.05, 4.69) is 75.5 Å². The fraction of sp³-hybridized carbons (Fsp3) is 0.370. The Bertz CT molecular complexity index is 1250. The third kappa shape index (κ3) is 3.66. The number of fused-ring (bicyclic) bond motifs is 2. The van der Waals surface area contributed by atoms with Gasteiger partial charge in [-0.05, 0) is 92.5 Å². The lowest BCUT2D eigenvalue weighted by molar-refractivity contribution is 0.486. The minimum atomic E-state index is 0.474. The van der Waals surface area contributed by atoms with Gasteiger partial charge in [0.25, 0.3) is 0 Å². The third-order valence-electron chi connectivity index (χ3n) is 7.16. The lowest BCUT2D eigenvalue weighted by atomic mass is 9.90. The molecule has 1 N–H and O–H groups in total. The van der Waals surface area contributed by atoms with Gasteiger partial charge in [0.15, 0.2) is 5.82 Å². The zero-order valence-corrected chi connectivity index (χ0v) is 18.6. The van der Waals surface area contributed by atoms with Crippen molar-refractivity contribution in [1.29, 1.82) is 0 Å². The molecule has 0 atom stereocenters. The number of aromatic amines is 1. The van der Waals surface area contributed by atoms with Crippen LogP contribution in [0.25, 0.3) is 22.3 Å². The number of benzene rings is 2. The highest BCUT2D eigenvalue weighted by Gasteiger charge is 2.24. The molecule has 0 spiro atoms. The van der Waals surface area contributed by atoms with E-state index in [0.717, 1.165) is 54.3 Å². The lowest BCUT2D eigenvalue weighted by Crippen LogP contribution is -2.33. The zero-order chi connectivity index (χ0) is 21.5. The molecule has 32 heavy (non-hydrogen) atoms. The van der Waals surface area contributed by atoms with Gasteiger partial charge < -0.3 is 9.88 Å². The summed E-state index contributed by atoms with van der Waals surface area (Å²) >= 11 is 0. The van der Waals surface area contributed by atoms with Crippen molar-refractivity contribution in [2.24, 2.45) is 0 Å². The summed E-state index contributed by atoms with van der Waals surface area (Å²) in [7, 11) is 0. The average molecular weight is 424 g/mol. The maximum atomic E-state index is 4.85. The summed E-state index contributed by atoms with van der Waals surface area (Å²) in [6.07, 6.45) is 7.16. The standard InChI is InChI=1S/C27H29N5/c1-18-6-9-24-25(16-18)29-27(28-24)20-12-14-32(15-13-20)26-11-10-23(30-31-26)22-8-7-19-4-2-3-5-21(19)17-22/h6-11,16-17,20H,2-5,12-15H2,1H3,(H,28,29). The second-order valence-corrected chi connectivity index (χ2v) is 9.37. The summed E-state index contributed by atoms with van der Waals surface area (Å²) in [5, 5.41) is 9.16. The minimum absolute atomic E-state index is 0.474. The second kappa shape index (κ2) is 8.05. The van der Waals surface area contributed by atoms with Gasteiger partial charge in [0.05, 0.1) is 16.7 Å². The van der Waals surface area contributed by atoms with Gasteiger partial charge in [-0.2, -0.15) is 0 Å². The van der Waals surface area contributed by atoms with Crippen LogP contribution in [0.5, 0.6) is 0 Å². The molecule has 162 valence electrons. The molecule has 0 saturated carbocycles. The van der Waals surface area contributed by atoms with Crippen LogP contribution in [0.4, 0.5) is 5.82 Å². The van der Waals surface area contributed by atoms with E-state index in [1.54, 1.807) is 0 Å². The molecule has 2 aliphatic rings. The van der Waals surface area contributed by atoms with E-state index in [9.17, 15) is 0 Å². The molecule has 1 fully saturated rings. The van der Waals surface area contributed by atoms with Crippen molar-refractivity contribution in [3.05, 3.63) is 71.0 Å². The molecule has 2 aromatic heterocycles. The van der Waals surface area contributed by atoms with Crippen molar-refractivity contribution < 1.29 is 0 Å². The first kappa shape index (κ1) is 19.5. The number of imidazole rings is 1. The van der Waals surface area contributed by atoms with Crippen molar-refractivity contribution in [2.45, 2.75) is 51.4 Å². The third-order valence-corrected chi connectivity index (χ3v) is 7.16. The predicted molar refractivity (Wildman–Crippen MR) is 129 cm³/mol. The molecule has 5 heteroatoms. The average Bonchev–Trinajstić information content (AvgIpc) is 3.27. The van der Waals surface area contributed by atoms with Crippen molar-refractivity contribution >= 4 is 16.9 Å². The van der Waals surface area contributed by atoms with E-state index in [4.69, 9.17) is 4.98 Å². The van der Waals surface area contributed by atoms with E-state index in [-0.39, 0.29) is 0 Å². The summed E-state index contributed by atoms with van der Waals surface area (Å²) in [5.74, 6) is 2.58. The van der Waals surface area contributed by atoms with Gasteiger partial charge in [-0.15, -0.1) is 10.2 Å². The highest BCUT2D eigenvalue weighted by atomic mass is 15.3. The minimum Gasteiger partial charge on any atom is -0.355 e. The number of H-pyrrole nitrogens is 1. The predicted octanol–water partition coefficient (Wildman–Crippen LogP) is 5.59. The van der Waals surface area contributed by atoms with Gasteiger partial charge in [-0.3, -0.25) is 0 Å². The van der Waals surface area contributed by atoms with Crippen molar-refractivity contribution in [3.8, 4) is 11.3 Å². The molecule has 5 nitrogen and oxygen atoms in total. The van der Waals surface area contributed by atoms with E-state index < -0.39 is 0 Å². The molecule has 0 radical (unpaired) electrons. The normalized spacial score (nSPS) is 17.0. The molecule has 1 aliphatic heterocycles. The fourth-order valence-corrected chi connectivity index (χ4v) is 5.26. The first-order valence-electron chi connectivity index (χ1n) is 11.9. The van der Waals surface area contributed by atoms with E-state index >= 15 is 0 Å². The van der Waals surface area contributed by atoms with Crippen LogP contribution in [-0.4, -0.2) is 33.3 Å². The van der Waals surface area contributed by atoms with Crippen LogP contribution in [0, 0.1) is 6.92 Å². The SMILES string of the molecule is Cc1ccc2nc(C3CCN(c4ccc(-c5ccc6c(c5)CCCC6)nn4)CC3)[nH]c2c1. The van der Waals surface area contributed by atoms with Crippen LogP contribution in [0.3, 0.4) is 0 Å². The molecule has 2 aromatic carbocycles. The van der Waals surface area contributed by atoms with Gasteiger partial charge >= 0.3 is 0 Å². The summed E-state index contributed by atoms with van der Waals surface area (Å²) in [6, 6.07) is 17.5. The van der Waals surface area contributed by atoms with Crippen LogP contribution in [0.15, 0.2) is 48.5 Å². The molecule has 6 rings (SSSR count).